The van der Waals surface area contributed by atoms with Gasteiger partial charge in [0.15, 0.2) is 0 Å². The Bertz CT molecular complexity index is 600. The van der Waals surface area contributed by atoms with Gasteiger partial charge in [0.25, 0.3) is 15.0 Å². The summed E-state index contributed by atoms with van der Waals surface area (Å²) in [5, 5.41) is 2.98. The molecule has 0 spiro atoms. The van der Waals surface area contributed by atoms with Crippen LogP contribution in [0.4, 0.5) is 0 Å². The number of nitrogens with zero attached hydrogens (tertiary/aromatic N) is 1. The van der Waals surface area contributed by atoms with Crippen molar-refractivity contribution in [2.24, 2.45) is 7.05 Å². The van der Waals surface area contributed by atoms with Crippen LogP contribution in [-0.2, 0) is 16.1 Å². The summed E-state index contributed by atoms with van der Waals surface area (Å²) in [6.45, 7) is 2.01. The minimum Gasteiger partial charge on any atom is -0.346 e. The van der Waals surface area contributed by atoms with E-state index in [2.05, 4.69) is 5.32 Å². The summed E-state index contributed by atoms with van der Waals surface area (Å²) in [4.78, 5) is 12.1. The van der Waals surface area contributed by atoms with Gasteiger partial charge in [-0.05, 0) is 25.8 Å². The highest BCUT2D eigenvalue weighted by atomic mass is 35.7. The zero-order valence-corrected chi connectivity index (χ0v) is 12.5. The van der Waals surface area contributed by atoms with Crippen LogP contribution in [0.15, 0.2) is 17.2 Å². The normalized spacial score (nSPS) is 18.5. The molecule has 1 amide bonds. The number of rotatable bonds is 3. The van der Waals surface area contributed by atoms with Crippen molar-refractivity contribution in [1.82, 2.24) is 9.88 Å². The molecular weight excluding hydrogens is 288 g/mol. The maximum atomic E-state index is 12.2. The zero-order chi connectivity index (χ0) is 14.3. The fourth-order valence-electron chi connectivity index (χ4n) is 2.51. The molecular formula is C12H17ClN2O3S. The van der Waals surface area contributed by atoms with Crippen molar-refractivity contribution in [1.29, 1.82) is 0 Å². The molecule has 1 saturated carbocycles. The predicted octanol–water partition coefficient (Wildman–Crippen LogP) is 2.02. The molecule has 1 fully saturated rings. The minimum atomic E-state index is -3.81. The zero-order valence-electron chi connectivity index (χ0n) is 10.9. The van der Waals surface area contributed by atoms with Gasteiger partial charge in [0.05, 0.1) is 0 Å². The van der Waals surface area contributed by atoms with Gasteiger partial charge >= 0.3 is 0 Å². The molecule has 1 aromatic rings. The van der Waals surface area contributed by atoms with Crippen LogP contribution in [0.2, 0.25) is 0 Å². The summed E-state index contributed by atoms with van der Waals surface area (Å²) in [6.07, 6.45) is 5.44. The Balaban J connectivity index is 2.22. The number of halogens is 1. The van der Waals surface area contributed by atoms with Crippen molar-refractivity contribution in [2.75, 3.05) is 0 Å². The molecule has 0 aliphatic heterocycles. The van der Waals surface area contributed by atoms with Crippen molar-refractivity contribution >= 4 is 25.6 Å². The van der Waals surface area contributed by atoms with Crippen LogP contribution in [0, 0.1) is 0 Å². The third-order valence-electron chi connectivity index (χ3n) is 3.62. The first-order valence-corrected chi connectivity index (χ1v) is 8.46. The summed E-state index contributed by atoms with van der Waals surface area (Å²) in [5.41, 5.74) is 0.105. The molecule has 0 aromatic carbocycles. The Kier molecular flexibility index (Phi) is 3.66. The number of carbonyl (C=O) groups is 1. The topological polar surface area (TPSA) is 68.2 Å². The van der Waals surface area contributed by atoms with Crippen LogP contribution < -0.4 is 5.32 Å². The first kappa shape index (κ1) is 14.4. The second-order valence-electron chi connectivity index (χ2n) is 5.33. The van der Waals surface area contributed by atoms with Crippen LogP contribution in [0.25, 0.3) is 0 Å². The molecule has 1 heterocycles. The van der Waals surface area contributed by atoms with E-state index >= 15 is 0 Å². The largest absolute Gasteiger partial charge is 0.346 e. The molecule has 19 heavy (non-hydrogen) atoms. The fourth-order valence-corrected chi connectivity index (χ4v) is 3.30. The molecule has 7 heteroatoms. The van der Waals surface area contributed by atoms with Crippen molar-refractivity contribution < 1.29 is 13.2 Å². The average molecular weight is 305 g/mol. The van der Waals surface area contributed by atoms with E-state index in [9.17, 15) is 13.2 Å². The van der Waals surface area contributed by atoms with E-state index in [1.54, 1.807) is 7.05 Å². The summed E-state index contributed by atoms with van der Waals surface area (Å²) in [5.74, 6) is -0.265. The number of aromatic nitrogens is 1. The molecule has 1 aliphatic rings. The molecule has 1 N–H and O–H groups in total. The monoisotopic (exact) mass is 304 g/mol. The van der Waals surface area contributed by atoms with Crippen molar-refractivity contribution in [3.05, 3.63) is 18.0 Å². The molecule has 106 valence electrons. The van der Waals surface area contributed by atoms with Gasteiger partial charge in [-0.15, -0.1) is 0 Å². The molecule has 0 bridgehead atoms. The first-order valence-electron chi connectivity index (χ1n) is 6.15. The molecule has 2 rings (SSSR count). The van der Waals surface area contributed by atoms with E-state index < -0.39 is 9.05 Å². The van der Waals surface area contributed by atoms with Gasteiger partial charge in [-0.2, -0.15) is 0 Å². The Morgan fingerprint density at radius 1 is 1.42 bits per heavy atom. The molecule has 1 aromatic heterocycles. The lowest BCUT2D eigenvalue weighted by molar-refractivity contribution is 0.0899. The lowest BCUT2D eigenvalue weighted by atomic mass is 10.0. The maximum Gasteiger partial charge on any atom is 0.268 e. The second-order valence-corrected chi connectivity index (χ2v) is 7.90. The number of hydrogen-bond donors (Lipinski definition) is 1. The van der Waals surface area contributed by atoms with Gasteiger partial charge in [0, 0.05) is 29.5 Å². The first-order chi connectivity index (χ1) is 8.71. The van der Waals surface area contributed by atoms with Gasteiger partial charge in [0.2, 0.25) is 0 Å². The molecule has 5 nitrogen and oxygen atoms in total. The minimum absolute atomic E-state index is 0.0570. The number of nitrogens with one attached hydrogen (secondary N) is 1. The Morgan fingerprint density at radius 3 is 2.47 bits per heavy atom. The summed E-state index contributed by atoms with van der Waals surface area (Å²) in [6, 6.07) is 1.30. The average Bonchev–Trinajstić information content (AvgIpc) is 2.84. The van der Waals surface area contributed by atoms with E-state index in [0.29, 0.717) is 5.69 Å². The van der Waals surface area contributed by atoms with Crippen LogP contribution in [0.3, 0.4) is 0 Å². The van der Waals surface area contributed by atoms with Crippen molar-refractivity contribution in [2.45, 2.75) is 43.0 Å². The van der Waals surface area contributed by atoms with Crippen LogP contribution in [0.5, 0.6) is 0 Å². The Morgan fingerprint density at radius 2 is 2.00 bits per heavy atom. The maximum absolute atomic E-state index is 12.2. The molecule has 0 atom stereocenters. The van der Waals surface area contributed by atoms with Gasteiger partial charge in [0.1, 0.15) is 10.6 Å². The van der Waals surface area contributed by atoms with Gasteiger partial charge in [-0.1, -0.05) is 12.8 Å². The SMILES string of the molecule is Cn1cc(S(=O)(=O)Cl)cc1C(=O)NC1(C)CCCC1. The standard InChI is InChI=1S/C12H17ClN2O3S/c1-12(5-3-4-6-12)14-11(16)10-7-9(8-15(10)2)19(13,17)18/h7-8H,3-6H2,1-2H3,(H,14,16). The van der Waals surface area contributed by atoms with Crippen LogP contribution >= 0.6 is 10.7 Å². The highest BCUT2D eigenvalue weighted by Crippen LogP contribution is 2.29. The highest BCUT2D eigenvalue weighted by Gasteiger charge is 2.31. The third kappa shape index (κ3) is 3.12. The molecule has 0 unspecified atom stereocenters. The van der Waals surface area contributed by atoms with Crippen molar-refractivity contribution in [3.8, 4) is 0 Å². The number of carbonyl (C=O) groups excluding carboxylic acids is 1. The number of aryl methyl sites for hydroxylation is 1. The smallest absolute Gasteiger partial charge is 0.268 e. The molecule has 1 aliphatic carbocycles. The predicted molar refractivity (Wildman–Crippen MR) is 72.8 cm³/mol. The lowest BCUT2D eigenvalue weighted by Crippen LogP contribution is -2.44. The van der Waals surface area contributed by atoms with E-state index in [4.69, 9.17) is 10.7 Å². The summed E-state index contributed by atoms with van der Waals surface area (Å²) < 4.78 is 24.0. The van der Waals surface area contributed by atoms with Gasteiger partial charge in [-0.25, -0.2) is 8.42 Å². The third-order valence-corrected chi connectivity index (χ3v) is 4.94. The van der Waals surface area contributed by atoms with E-state index in [1.165, 1.54) is 16.8 Å². The Hall–Kier alpha value is -1.01. The number of hydrogen-bond acceptors (Lipinski definition) is 3. The van der Waals surface area contributed by atoms with E-state index in [1.807, 2.05) is 6.92 Å². The van der Waals surface area contributed by atoms with Gasteiger partial charge in [-0.3, -0.25) is 4.79 Å². The summed E-state index contributed by atoms with van der Waals surface area (Å²) >= 11 is 0. The highest BCUT2D eigenvalue weighted by molar-refractivity contribution is 8.13. The van der Waals surface area contributed by atoms with Crippen LogP contribution in [0.1, 0.15) is 43.1 Å². The number of amides is 1. The van der Waals surface area contributed by atoms with Crippen molar-refractivity contribution in [3.63, 3.8) is 0 Å². The fraction of sp³-hybridized carbons (Fsp3) is 0.583. The lowest BCUT2D eigenvalue weighted by Gasteiger charge is -2.25. The second kappa shape index (κ2) is 4.83. The van der Waals surface area contributed by atoms with Crippen LogP contribution in [-0.4, -0.2) is 24.4 Å². The van der Waals surface area contributed by atoms with E-state index in [-0.39, 0.29) is 16.3 Å². The van der Waals surface area contributed by atoms with E-state index in [0.717, 1.165) is 25.7 Å². The Labute approximate surface area is 117 Å². The van der Waals surface area contributed by atoms with Gasteiger partial charge < -0.3 is 9.88 Å². The summed E-state index contributed by atoms with van der Waals surface area (Å²) in [7, 11) is 3.09. The molecule has 0 radical (unpaired) electrons. The quantitative estimate of drug-likeness (QED) is 0.869. The molecule has 0 saturated heterocycles.